The number of carbonyl (C=O) groups excluding carboxylic acids is 2. The van der Waals surface area contributed by atoms with Crippen molar-refractivity contribution in [1.29, 1.82) is 0 Å². The summed E-state index contributed by atoms with van der Waals surface area (Å²) < 4.78 is 11.1. The zero-order valence-electron chi connectivity index (χ0n) is 15.9. The maximum atomic E-state index is 13.1. The van der Waals surface area contributed by atoms with Crippen molar-refractivity contribution in [2.45, 2.75) is 6.04 Å². The summed E-state index contributed by atoms with van der Waals surface area (Å²) in [6.45, 7) is 0.820. The number of hydrogen-bond donors (Lipinski definition) is 1. The molecule has 3 heterocycles. The molecule has 1 amide bonds. The summed E-state index contributed by atoms with van der Waals surface area (Å²) in [7, 11) is 0. The molecule has 2 aliphatic heterocycles. The third kappa shape index (κ3) is 3.34. The second-order valence-corrected chi connectivity index (χ2v) is 8.21. The number of thiazole rings is 1. The van der Waals surface area contributed by atoms with E-state index in [0.717, 1.165) is 0 Å². The Balaban J connectivity index is 1.69. The van der Waals surface area contributed by atoms with Gasteiger partial charge in [0.2, 0.25) is 0 Å². The van der Waals surface area contributed by atoms with Crippen molar-refractivity contribution in [3.05, 3.63) is 75.8 Å². The van der Waals surface area contributed by atoms with Crippen LogP contribution in [0.15, 0.2) is 59.6 Å². The van der Waals surface area contributed by atoms with Crippen molar-refractivity contribution in [2.75, 3.05) is 18.1 Å². The van der Waals surface area contributed by atoms with Gasteiger partial charge in [-0.3, -0.25) is 14.5 Å². The maximum Gasteiger partial charge on any atom is 0.301 e. The molecule has 1 N–H and O–H groups in total. The molecule has 1 atom stereocenters. The SMILES string of the molecule is O=C1C(=O)N(c2nccs2)C(c2cccc(Cl)c2)/C1=C(\O)c1ccc2c(c1)OCCO2. The van der Waals surface area contributed by atoms with Crippen LogP contribution in [-0.2, 0) is 9.59 Å². The van der Waals surface area contributed by atoms with Gasteiger partial charge in [0.25, 0.3) is 5.78 Å². The van der Waals surface area contributed by atoms with E-state index in [9.17, 15) is 14.7 Å². The van der Waals surface area contributed by atoms with E-state index in [2.05, 4.69) is 4.98 Å². The lowest BCUT2D eigenvalue weighted by molar-refractivity contribution is -0.132. The second kappa shape index (κ2) is 7.72. The lowest BCUT2D eigenvalue weighted by Gasteiger charge is -2.23. The summed E-state index contributed by atoms with van der Waals surface area (Å²) >= 11 is 7.41. The zero-order chi connectivity index (χ0) is 21.5. The van der Waals surface area contributed by atoms with Crippen LogP contribution in [0.2, 0.25) is 5.02 Å². The van der Waals surface area contributed by atoms with Gasteiger partial charge < -0.3 is 14.6 Å². The molecule has 0 radical (unpaired) electrons. The standard InChI is InChI=1S/C22H15ClN2O5S/c23-14-3-1-2-12(10-14)18-17(20(27)21(28)25(18)22-24-6-9-31-22)19(26)13-4-5-15-16(11-13)30-8-7-29-15/h1-6,9-11,18,26H,7-8H2/b19-17+. The summed E-state index contributed by atoms with van der Waals surface area (Å²) in [6, 6.07) is 10.8. The van der Waals surface area contributed by atoms with Gasteiger partial charge in [0, 0.05) is 22.2 Å². The van der Waals surface area contributed by atoms with Gasteiger partial charge in [0.05, 0.1) is 11.6 Å². The topological polar surface area (TPSA) is 89.0 Å². The smallest absolute Gasteiger partial charge is 0.301 e. The van der Waals surface area contributed by atoms with Gasteiger partial charge in [-0.25, -0.2) is 4.98 Å². The average Bonchev–Trinajstić information content (AvgIpc) is 3.40. The fourth-order valence-electron chi connectivity index (χ4n) is 3.70. The highest BCUT2D eigenvalue weighted by atomic mass is 35.5. The lowest BCUT2D eigenvalue weighted by Crippen LogP contribution is -2.29. The summed E-state index contributed by atoms with van der Waals surface area (Å²) in [6.07, 6.45) is 1.55. The number of carbonyl (C=O) groups is 2. The molecule has 3 aromatic rings. The van der Waals surface area contributed by atoms with Gasteiger partial charge in [-0.2, -0.15) is 0 Å². The molecule has 9 heteroatoms. The number of Topliss-reactive ketones (excluding diaryl/α,β-unsaturated/α-hetero) is 1. The number of aliphatic hydroxyl groups is 1. The van der Waals surface area contributed by atoms with Gasteiger partial charge in [-0.15, -0.1) is 11.3 Å². The van der Waals surface area contributed by atoms with Crippen LogP contribution in [0.3, 0.4) is 0 Å². The number of hydrogen-bond acceptors (Lipinski definition) is 7. The van der Waals surface area contributed by atoms with Gasteiger partial charge in [-0.1, -0.05) is 23.7 Å². The summed E-state index contributed by atoms with van der Waals surface area (Å²) in [5.41, 5.74) is 0.883. The Morgan fingerprint density at radius 3 is 2.68 bits per heavy atom. The fourth-order valence-corrected chi connectivity index (χ4v) is 4.57. The van der Waals surface area contributed by atoms with E-state index in [4.69, 9.17) is 21.1 Å². The number of rotatable bonds is 3. The Morgan fingerprint density at radius 2 is 1.94 bits per heavy atom. The number of anilines is 1. The predicted molar refractivity (Wildman–Crippen MR) is 116 cm³/mol. The van der Waals surface area contributed by atoms with Crippen molar-refractivity contribution in [3.63, 3.8) is 0 Å². The van der Waals surface area contributed by atoms with E-state index in [1.54, 1.807) is 54.0 Å². The van der Waals surface area contributed by atoms with E-state index < -0.39 is 17.7 Å². The largest absolute Gasteiger partial charge is 0.507 e. The van der Waals surface area contributed by atoms with E-state index >= 15 is 0 Å². The van der Waals surface area contributed by atoms with Crippen LogP contribution in [0.4, 0.5) is 5.13 Å². The molecule has 2 aliphatic rings. The van der Waals surface area contributed by atoms with Crippen LogP contribution in [0.5, 0.6) is 11.5 Å². The van der Waals surface area contributed by atoms with Crippen molar-refractivity contribution in [3.8, 4) is 11.5 Å². The van der Waals surface area contributed by atoms with Crippen molar-refractivity contribution in [1.82, 2.24) is 4.98 Å². The monoisotopic (exact) mass is 454 g/mol. The number of amides is 1. The molecule has 2 aromatic carbocycles. The van der Waals surface area contributed by atoms with Crippen molar-refractivity contribution in [2.24, 2.45) is 0 Å². The highest BCUT2D eigenvalue weighted by Crippen LogP contribution is 2.44. The molecule has 1 fully saturated rings. The average molecular weight is 455 g/mol. The first-order chi connectivity index (χ1) is 15.0. The van der Waals surface area contributed by atoms with Gasteiger partial charge in [0.15, 0.2) is 16.6 Å². The highest BCUT2D eigenvalue weighted by molar-refractivity contribution is 7.14. The number of aromatic nitrogens is 1. The molecule has 0 saturated carbocycles. The van der Waals surface area contributed by atoms with E-state index in [1.807, 2.05) is 0 Å². The van der Waals surface area contributed by atoms with Crippen LogP contribution in [-0.4, -0.2) is 35.0 Å². The minimum absolute atomic E-state index is 0.0425. The van der Waals surface area contributed by atoms with Gasteiger partial charge >= 0.3 is 5.91 Å². The predicted octanol–water partition coefficient (Wildman–Crippen LogP) is 4.19. The number of benzene rings is 2. The minimum atomic E-state index is -0.877. The first-order valence-corrected chi connectivity index (χ1v) is 10.7. The zero-order valence-corrected chi connectivity index (χ0v) is 17.5. The number of ketones is 1. The molecular formula is C22H15ClN2O5S. The minimum Gasteiger partial charge on any atom is -0.507 e. The normalized spacial score (nSPS) is 19.6. The molecule has 156 valence electrons. The Hall–Kier alpha value is -3.36. The Bertz CT molecular complexity index is 1220. The fraction of sp³-hybridized carbons (Fsp3) is 0.136. The van der Waals surface area contributed by atoms with Gasteiger partial charge in [0.1, 0.15) is 19.0 Å². The molecule has 1 unspecified atom stereocenters. The Kier molecular flexibility index (Phi) is 4.88. The van der Waals surface area contributed by atoms with E-state index in [0.29, 0.717) is 46.0 Å². The number of fused-ring (bicyclic) bond motifs is 1. The summed E-state index contributed by atoms with van der Waals surface area (Å²) in [4.78, 5) is 31.5. The Labute approximate surface area is 186 Å². The van der Waals surface area contributed by atoms with Crippen LogP contribution < -0.4 is 14.4 Å². The lowest BCUT2D eigenvalue weighted by atomic mass is 9.95. The van der Waals surface area contributed by atoms with Crippen molar-refractivity contribution < 1.29 is 24.2 Å². The molecule has 7 nitrogen and oxygen atoms in total. The maximum absolute atomic E-state index is 13.1. The van der Waals surface area contributed by atoms with Gasteiger partial charge in [-0.05, 0) is 35.9 Å². The molecule has 31 heavy (non-hydrogen) atoms. The molecule has 1 aromatic heterocycles. The molecule has 5 rings (SSSR count). The van der Waals surface area contributed by atoms with Crippen LogP contribution in [0.25, 0.3) is 5.76 Å². The summed E-state index contributed by atoms with van der Waals surface area (Å²) in [5, 5.41) is 13.7. The van der Waals surface area contributed by atoms with Crippen LogP contribution in [0.1, 0.15) is 17.2 Å². The van der Waals surface area contributed by atoms with E-state index in [-0.39, 0.29) is 11.3 Å². The molecule has 0 spiro atoms. The highest BCUT2D eigenvalue weighted by Gasteiger charge is 2.48. The quantitative estimate of drug-likeness (QED) is 0.362. The molecule has 1 saturated heterocycles. The third-order valence-corrected chi connectivity index (χ3v) is 6.06. The molecular weight excluding hydrogens is 440 g/mol. The first kappa shape index (κ1) is 19.6. The van der Waals surface area contributed by atoms with Crippen molar-refractivity contribution >= 4 is 45.5 Å². The number of ether oxygens (including phenoxy) is 2. The Morgan fingerprint density at radius 1 is 1.13 bits per heavy atom. The molecule has 0 aliphatic carbocycles. The number of aliphatic hydroxyl groups excluding tert-OH is 1. The van der Waals surface area contributed by atoms with Crippen LogP contribution in [0, 0.1) is 0 Å². The van der Waals surface area contributed by atoms with E-state index in [1.165, 1.54) is 16.2 Å². The molecule has 0 bridgehead atoms. The first-order valence-electron chi connectivity index (χ1n) is 9.40. The number of nitrogens with zero attached hydrogens (tertiary/aromatic N) is 2. The third-order valence-electron chi connectivity index (χ3n) is 5.05. The van der Waals surface area contributed by atoms with Crippen LogP contribution >= 0.6 is 22.9 Å². The summed E-state index contributed by atoms with van der Waals surface area (Å²) in [5.74, 6) is -0.855. The number of halogens is 1. The second-order valence-electron chi connectivity index (χ2n) is 6.90.